The van der Waals surface area contributed by atoms with Crippen LogP contribution >= 0.6 is 22.6 Å². The van der Waals surface area contributed by atoms with Crippen LogP contribution in [-0.2, 0) is 9.84 Å². The van der Waals surface area contributed by atoms with Crippen molar-refractivity contribution in [2.75, 3.05) is 18.6 Å². The highest BCUT2D eigenvalue weighted by Crippen LogP contribution is 2.24. The second kappa shape index (κ2) is 7.54. The molecule has 0 amide bonds. The maximum atomic E-state index is 13.1. The smallest absolute Gasteiger partial charge is 0.150 e. The van der Waals surface area contributed by atoms with E-state index in [1.54, 1.807) is 13.0 Å². The summed E-state index contributed by atoms with van der Waals surface area (Å²) in [6.45, 7) is 1.66. The molecule has 0 aliphatic rings. The van der Waals surface area contributed by atoms with Crippen molar-refractivity contribution in [3.05, 3.63) is 33.1 Å². The lowest BCUT2D eigenvalue weighted by atomic mass is 10.0. The number of nitrogens with one attached hydrogen (secondary N) is 1. The van der Waals surface area contributed by atoms with E-state index in [-0.39, 0.29) is 23.4 Å². The highest BCUT2D eigenvalue weighted by molar-refractivity contribution is 14.1. The molecule has 0 saturated carbocycles. The van der Waals surface area contributed by atoms with Gasteiger partial charge in [0.1, 0.15) is 15.7 Å². The number of sulfone groups is 1. The molecule has 1 unspecified atom stereocenters. The Morgan fingerprint density at radius 2 is 2.11 bits per heavy atom. The molecule has 1 aromatic rings. The Bertz CT molecular complexity index is 519. The van der Waals surface area contributed by atoms with Crippen molar-refractivity contribution in [1.82, 2.24) is 5.32 Å². The molecule has 0 radical (unpaired) electrons. The molecule has 1 aromatic carbocycles. The van der Waals surface area contributed by atoms with Gasteiger partial charge in [-0.3, -0.25) is 0 Å². The molecule has 1 atom stereocenters. The largest absolute Gasteiger partial charge is 0.313 e. The van der Waals surface area contributed by atoms with E-state index in [4.69, 9.17) is 0 Å². The van der Waals surface area contributed by atoms with E-state index >= 15 is 0 Å². The number of rotatable bonds is 7. The van der Waals surface area contributed by atoms with Crippen LogP contribution in [-0.4, -0.2) is 27.0 Å². The zero-order valence-corrected chi connectivity index (χ0v) is 14.1. The summed E-state index contributed by atoms with van der Waals surface area (Å²) >= 11 is 2.10. The predicted molar refractivity (Wildman–Crippen MR) is 84.5 cm³/mol. The van der Waals surface area contributed by atoms with Gasteiger partial charge in [-0.1, -0.05) is 13.0 Å². The van der Waals surface area contributed by atoms with Crippen molar-refractivity contribution < 1.29 is 12.8 Å². The average Bonchev–Trinajstić information content (AvgIpc) is 2.36. The van der Waals surface area contributed by atoms with E-state index in [9.17, 15) is 12.8 Å². The van der Waals surface area contributed by atoms with Gasteiger partial charge in [-0.15, -0.1) is 0 Å². The van der Waals surface area contributed by atoms with E-state index < -0.39 is 9.84 Å². The number of benzene rings is 1. The monoisotopic (exact) mass is 399 g/mol. The van der Waals surface area contributed by atoms with Gasteiger partial charge in [-0.25, -0.2) is 12.8 Å². The van der Waals surface area contributed by atoms with Crippen LogP contribution in [0.15, 0.2) is 18.2 Å². The highest BCUT2D eigenvalue weighted by Gasteiger charge is 2.15. The molecule has 0 fully saturated rings. The topological polar surface area (TPSA) is 46.2 Å². The SMILES string of the molecule is CCS(=O)(=O)CCCC(NC)c1ccc(F)cc1I. The summed E-state index contributed by atoms with van der Waals surface area (Å²) < 4.78 is 36.8. The van der Waals surface area contributed by atoms with E-state index in [1.807, 2.05) is 7.05 Å². The van der Waals surface area contributed by atoms with Crippen LogP contribution in [0, 0.1) is 9.39 Å². The zero-order valence-electron chi connectivity index (χ0n) is 11.1. The Labute approximate surface area is 128 Å². The van der Waals surface area contributed by atoms with Gasteiger partial charge in [-0.2, -0.15) is 0 Å². The molecule has 0 spiro atoms. The Balaban J connectivity index is 2.68. The number of hydrogen-bond acceptors (Lipinski definition) is 3. The van der Waals surface area contributed by atoms with Crippen LogP contribution in [0.25, 0.3) is 0 Å². The summed E-state index contributed by atoms with van der Waals surface area (Å²) in [4.78, 5) is 0. The number of halogens is 2. The van der Waals surface area contributed by atoms with Gasteiger partial charge >= 0.3 is 0 Å². The van der Waals surface area contributed by atoms with Gasteiger partial charge in [0.2, 0.25) is 0 Å². The molecule has 6 heteroatoms. The quantitative estimate of drug-likeness (QED) is 0.718. The summed E-state index contributed by atoms with van der Waals surface area (Å²) in [7, 11) is -1.08. The van der Waals surface area contributed by atoms with Gasteiger partial charge in [0.15, 0.2) is 0 Å². The van der Waals surface area contributed by atoms with E-state index in [0.29, 0.717) is 6.42 Å². The van der Waals surface area contributed by atoms with Crippen LogP contribution in [0.5, 0.6) is 0 Å². The van der Waals surface area contributed by atoms with E-state index in [0.717, 1.165) is 15.6 Å². The van der Waals surface area contributed by atoms with Gasteiger partial charge in [0.25, 0.3) is 0 Å². The van der Waals surface area contributed by atoms with Crippen molar-refractivity contribution in [3.8, 4) is 0 Å². The van der Waals surface area contributed by atoms with Gasteiger partial charge < -0.3 is 5.32 Å². The second-order valence-corrected chi connectivity index (χ2v) is 8.02. The van der Waals surface area contributed by atoms with Crippen molar-refractivity contribution in [3.63, 3.8) is 0 Å². The minimum Gasteiger partial charge on any atom is -0.313 e. The van der Waals surface area contributed by atoms with Gasteiger partial charge in [-0.05, 0) is 60.2 Å². The average molecular weight is 399 g/mol. The molecule has 0 aromatic heterocycles. The molecule has 0 saturated heterocycles. The molecule has 0 bridgehead atoms. The van der Waals surface area contributed by atoms with Gasteiger partial charge in [0, 0.05) is 15.4 Å². The Hall–Kier alpha value is -0.210. The van der Waals surface area contributed by atoms with Crippen LogP contribution in [0.2, 0.25) is 0 Å². The Kier molecular flexibility index (Phi) is 6.68. The maximum Gasteiger partial charge on any atom is 0.150 e. The fourth-order valence-electron chi connectivity index (χ4n) is 1.89. The molecule has 0 heterocycles. The van der Waals surface area contributed by atoms with E-state index in [1.165, 1.54) is 12.1 Å². The Morgan fingerprint density at radius 1 is 1.42 bits per heavy atom. The molecule has 0 aliphatic heterocycles. The van der Waals surface area contributed by atoms with Crippen molar-refractivity contribution >= 4 is 32.4 Å². The summed E-state index contributed by atoms with van der Waals surface area (Å²) in [6.07, 6.45) is 1.33. The molecular weight excluding hydrogens is 380 g/mol. The molecule has 0 aliphatic carbocycles. The number of hydrogen-bond donors (Lipinski definition) is 1. The fraction of sp³-hybridized carbons (Fsp3) is 0.538. The first-order chi connectivity index (χ1) is 8.89. The minimum absolute atomic E-state index is 0.0551. The third-order valence-electron chi connectivity index (χ3n) is 3.07. The van der Waals surface area contributed by atoms with E-state index in [2.05, 4.69) is 27.9 Å². The van der Waals surface area contributed by atoms with Crippen molar-refractivity contribution in [2.45, 2.75) is 25.8 Å². The first-order valence-corrected chi connectivity index (χ1v) is 9.12. The lowest BCUT2D eigenvalue weighted by Gasteiger charge is -2.18. The third-order valence-corrected chi connectivity index (χ3v) is 5.80. The fourth-order valence-corrected chi connectivity index (χ4v) is 3.64. The Morgan fingerprint density at radius 3 is 2.63 bits per heavy atom. The van der Waals surface area contributed by atoms with Gasteiger partial charge in [0.05, 0.1) is 5.75 Å². The summed E-state index contributed by atoms with van der Waals surface area (Å²) in [5.74, 6) is 0.140. The maximum absolute atomic E-state index is 13.1. The zero-order chi connectivity index (χ0) is 14.5. The third kappa shape index (κ3) is 5.35. The highest BCUT2D eigenvalue weighted by atomic mass is 127. The first kappa shape index (κ1) is 16.8. The molecular formula is C13H19FINO2S. The summed E-state index contributed by atoms with van der Waals surface area (Å²) in [5.41, 5.74) is 1.01. The second-order valence-electron chi connectivity index (χ2n) is 4.39. The lowest BCUT2D eigenvalue weighted by molar-refractivity contribution is 0.531. The lowest BCUT2D eigenvalue weighted by Crippen LogP contribution is -2.19. The predicted octanol–water partition coefficient (Wildman–Crippen LogP) is 2.91. The minimum atomic E-state index is -2.91. The molecule has 1 N–H and O–H groups in total. The van der Waals surface area contributed by atoms with Crippen LogP contribution in [0.3, 0.4) is 0 Å². The summed E-state index contributed by atoms with van der Waals surface area (Å²) in [5, 5.41) is 3.16. The van der Waals surface area contributed by atoms with Crippen LogP contribution in [0.4, 0.5) is 4.39 Å². The molecule has 19 heavy (non-hydrogen) atoms. The molecule has 1 rings (SSSR count). The molecule has 108 valence electrons. The van der Waals surface area contributed by atoms with Crippen molar-refractivity contribution in [1.29, 1.82) is 0 Å². The van der Waals surface area contributed by atoms with Crippen LogP contribution < -0.4 is 5.32 Å². The molecule has 3 nitrogen and oxygen atoms in total. The van der Waals surface area contributed by atoms with Crippen molar-refractivity contribution in [2.24, 2.45) is 0 Å². The summed E-state index contributed by atoms with van der Waals surface area (Å²) in [6, 6.07) is 4.74. The first-order valence-electron chi connectivity index (χ1n) is 6.22. The normalized spacial score (nSPS) is 13.5. The van der Waals surface area contributed by atoms with Crippen LogP contribution in [0.1, 0.15) is 31.4 Å². The standard InChI is InChI=1S/C13H19FINO2S/c1-3-19(17,18)8-4-5-13(16-2)11-7-6-10(14)9-12(11)15/h6-7,9,13,16H,3-5,8H2,1-2H3.